The Balaban J connectivity index is 2.26. The van der Waals surface area contributed by atoms with Crippen molar-refractivity contribution in [1.82, 2.24) is 9.97 Å². The van der Waals surface area contributed by atoms with Gasteiger partial charge in [0.2, 0.25) is 5.88 Å². The van der Waals surface area contributed by atoms with E-state index in [1.54, 1.807) is 34.4 Å². The van der Waals surface area contributed by atoms with Crippen LogP contribution in [0.1, 0.15) is 24.9 Å². The average molecular weight is 384 g/mol. The third kappa shape index (κ3) is 2.93. The van der Waals surface area contributed by atoms with E-state index in [4.69, 9.17) is 0 Å². The van der Waals surface area contributed by atoms with E-state index < -0.39 is 0 Å². The van der Waals surface area contributed by atoms with Crippen LogP contribution >= 0.6 is 46.1 Å². The molecule has 0 radical (unpaired) electrons. The number of hydrogen-bond donors (Lipinski definition) is 2. The summed E-state index contributed by atoms with van der Waals surface area (Å²) in [5.41, 5.74) is -0.259. The van der Waals surface area contributed by atoms with Crippen molar-refractivity contribution in [3.05, 3.63) is 19.7 Å². The summed E-state index contributed by atoms with van der Waals surface area (Å²) >= 11 is 5.48. The van der Waals surface area contributed by atoms with Crippen LogP contribution in [0.3, 0.4) is 0 Å². The molecular formula is C10H13IN2O2S2. The summed E-state index contributed by atoms with van der Waals surface area (Å²) < 4.78 is 0.251. The zero-order chi connectivity index (χ0) is 12.6. The smallest absolute Gasteiger partial charge is 0.268 e. The molecule has 2 heterocycles. The van der Waals surface area contributed by atoms with Gasteiger partial charge in [-0.25, -0.2) is 0 Å². The number of nitrogens with zero attached hydrogens (tertiary/aromatic N) is 1. The van der Waals surface area contributed by atoms with Crippen LogP contribution in [0.4, 0.5) is 0 Å². The lowest BCUT2D eigenvalue weighted by Crippen LogP contribution is -2.25. The SMILES string of the molecule is CC1SCC(c2nc(O)c(I)c(=O)[nH]2)SC1C. The Kier molecular flexibility index (Phi) is 4.30. The molecule has 0 saturated carbocycles. The molecule has 0 bridgehead atoms. The van der Waals surface area contributed by atoms with Crippen LogP contribution in [0.2, 0.25) is 0 Å². The number of H-pyrrole nitrogens is 1. The predicted octanol–water partition coefficient (Wildman–Crippen LogP) is 2.38. The van der Waals surface area contributed by atoms with Gasteiger partial charge in [-0.1, -0.05) is 13.8 Å². The van der Waals surface area contributed by atoms with E-state index in [1.165, 1.54) is 0 Å². The summed E-state index contributed by atoms with van der Waals surface area (Å²) in [6, 6.07) is 0. The van der Waals surface area contributed by atoms with Crippen molar-refractivity contribution >= 4 is 46.1 Å². The first-order valence-corrected chi connectivity index (χ1v) is 8.31. The largest absolute Gasteiger partial charge is 0.492 e. The second-order valence-corrected chi connectivity index (χ2v) is 8.03. The minimum absolute atomic E-state index is 0.154. The molecule has 94 valence electrons. The summed E-state index contributed by atoms with van der Waals surface area (Å²) in [6.07, 6.45) is 0. The highest BCUT2D eigenvalue weighted by Gasteiger charge is 2.28. The molecule has 1 aromatic heterocycles. The average Bonchev–Trinajstić information content (AvgIpc) is 2.29. The number of aromatic amines is 1. The van der Waals surface area contributed by atoms with Gasteiger partial charge in [0.15, 0.2) is 0 Å². The minimum Gasteiger partial charge on any atom is -0.492 e. The summed E-state index contributed by atoms with van der Waals surface area (Å²) in [5.74, 6) is 1.34. The lowest BCUT2D eigenvalue weighted by atomic mass is 10.3. The summed E-state index contributed by atoms with van der Waals surface area (Å²) in [6.45, 7) is 4.39. The monoisotopic (exact) mass is 384 g/mol. The van der Waals surface area contributed by atoms with Crippen molar-refractivity contribution in [3.8, 4) is 5.88 Å². The minimum atomic E-state index is -0.259. The fraction of sp³-hybridized carbons (Fsp3) is 0.600. The van der Waals surface area contributed by atoms with Gasteiger partial charge in [-0.15, -0.1) is 11.8 Å². The van der Waals surface area contributed by atoms with Gasteiger partial charge in [-0.2, -0.15) is 16.7 Å². The van der Waals surface area contributed by atoms with Gasteiger partial charge >= 0.3 is 0 Å². The molecule has 0 aromatic carbocycles. The van der Waals surface area contributed by atoms with Crippen LogP contribution in [-0.2, 0) is 0 Å². The number of hydrogen-bond acceptors (Lipinski definition) is 5. The van der Waals surface area contributed by atoms with Gasteiger partial charge in [0.25, 0.3) is 5.56 Å². The van der Waals surface area contributed by atoms with Crippen molar-refractivity contribution in [2.75, 3.05) is 5.75 Å². The molecule has 4 nitrogen and oxygen atoms in total. The topological polar surface area (TPSA) is 66.0 Å². The number of nitrogens with one attached hydrogen (secondary N) is 1. The van der Waals surface area contributed by atoms with E-state index in [0.717, 1.165) is 5.75 Å². The van der Waals surface area contributed by atoms with Gasteiger partial charge in [0.1, 0.15) is 9.39 Å². The first-order chi connectivity index (χ1) is 7.99. The molecule has 3 unspecified atom stereocenters. The molecule has 7 heteroatoms. The first kappa shape index (κ1) is 13.5. The molecule has 0 spiro atoms. The van der Waals surface area contributed by atoms with Gasteiger partial charge < -0.3 is 10.1 Å². The molecular weight excluding hydrogens is 371 g/mol. The Morgan fingerprint density at radius 3 is 2.76 bits per heavy atom. The van der Waals surface area contributed by atoms with Crippen LogP contribution < -0.4 is 5.56 Å². The van der Waals surface area contributed by atoms with E-state index in [0.29, 0.717) is 16.3 Å². The first-order valence-electron chi connectivity index (χ1n) is 5.24. The summed E-state index contributed by atoms with van der Waals surface area (Å²) in [7, 11) is 0. The maximum atomic E-state index is 11.6. The standard InChI is InChI=1S/C10H13IN2O2S2/c1-4-5(2)17-6(3-16-4)8-12-9(14)7(11)10(15)13-8/h4-6H,3H2,1-2H3,(H2,12,13,14,15). The van der Waals surface area contributed by atoms with Crippen LogP contribution in [-0.4, -0.2) is 31.3 Å². The van der Waals surface area contributed by atoms with Crippen LogP contribution in [0.5, 0.6) is 5.88 Å². The molecule has 0 amide bonds. The molecule has 1 fully saturated rings. The molecule has 1 aromatic rings. The fourth-order valence-electron chi connectivity index (χ4n) is 1.54. The zero-order valence-corrected chi connectivity index (χ0v) is 13.2. The number of aromatic nitrogens is 2. The molecule has 1 saturated heterocycles. The Morgan fingerprint density at radius 2 is 2.18 bits per heavy atom. The Morgan fingerprint density at radius 1 is 1.47 bits per heavy atom. The molecule has 1 aliphatic rings. The van der Waals surface area contributed by atoms with Crippen molar-refractivity contribution in [3.63, 3.8) is 0 Å². The normalized spacial score (nSPS) is 29.2. The lowest BCUT2D eigenvalue weighted by molar-refractivity contribution is 0.443. The van der Waals surface area contributed by atoms with E-state index in [2.05, 4.69) is 23.8 Å². The van der Waals surface area contributed by atoms with E-state index in [-0.39, 0.29) is 20.3 Å². The molecule has 17 heavy (non-hydrogen) atoms. The van der Waals surface area contributed by atoms with Crippen molar-refractivity contribution < 1.29 is 5.11 Å². The molecule has 3 atom stereocenters. The number of aromatic hydroxyl groups is 1. The fourth-order valence-corrected chi connectivity index (χ4v) is 4.66. The number of halogens is 1. The predicted molar refractivity (Wildman–Crippen MR) is 81.0 cm³/mol. The highest BCUT2D eigenvalue weighted by Crippen LogP contribution is 2.43. The second kappa shape index (κ2) is 5.40. The van der Waals surface area contributed by atoms with E-state index in [1.807, 2.05) is 11.8 Å². The number of thioether (sulfide) groups is 2. The highest BCUT2D eigenvalue weighted by atomic mass is 127. The van der Waals surface area contributed by atoms with Gasteiger partial charge in [-0.05, 0) is 22.6 Å². The Labute approximate surface area is 122 Å². The van der Waals surface area contributed by atoms with Crippen molar-refractivity contribution in [2.24, 2.45) is 0 Å². The van der Waals surface area contributed by atoms with E-state index in [9.17, 15) is 9.90 Å². The van der Waals surface area contributed by atoms with Crippen molar-refractivity contribution in [2.45, 2.75) is 29.6 Å². The van der Waals surface area contributed by atoms with Crippen LogP contribution in [0.15, 0.2) is 4.79 Å². The summed E-state index contributed by atoms with van der Waals surface area (Å²) in [5, 5.41) is 10.9. The Hall–Kier alpha value is 0.110. The van der Waals surface area contributed by atoms with Crippen LogP contribution in [0, 0.1) is 3.57 Å². The van der Waals surface area contributed by atoms with Gasteiger partial charge in [0, 0.05) is 16.3 Å². The molecule has 0 aliphatic carbocycles. The maximum absolute atomic E-state index is 11.6. The summed E-state index contributed by atoms with van der Waals surface area (Å²) in [4.78, 5) is 18.4. The third-order valence-corrected chi connectivity index (χ3v) is 7.09. The molecule has 2 N–H and O–H groups in total. The molecule has 2 rings (SSSR count). The Bertz CT molecular complexity index is 480. The quantitative estimate of drug-likeness (QED) is 0.728. The third-order valence-electron chi connectivity index (χ3n) is 2.72. The van der Waals surface area contributed by atoms with E-state index >= 15 is 0 Å². The zero-order valence-electron chi connectivity index (χ0n) is 9.44. The molecule has 1 aliphatic heterocycles. The second-order valence-electron chi connectivity index (χ2n) is 3.96. The highest BCUT2D eigenvalue weighted by molar-refractivity contribution is 14.1. The lowest BCUT2D eigenvalue weighted by Gasteiger charge is -2.30. The maximum Gasteiger partial charge on any atom is 0.268 e. The van der Waals surface area contributed by atoms with Crippen molar-refractivity contribution in [1.29, 1.82) is 0 Å². The van der Waals surface area contributed by atoms with Gasteiger partial charge in [-0.3, -0.25) is 4.79 Å². The van der Waals surface area contributed by atoms with Crippen LogP contribution in [0.25, 0.3) is 0 Å². The van der Waals surface area contributed by atoms with Gasteiger partial charge in [0.05, 0.1) is 5.25 Å². The number of rotatable bonds is 1.